The number of alkyl halides is 2. The van der Waals surface area contributed by atoms with Gasteiger partial charge in [0.2, 0.25) is 0 Å². The van der Waals surface area contributed by atoms with Crippen LogP contribution in [0.1, 0.15) is 22.8 Å². The van der Waals surface area contributed by atoms with Gasteiger partial charge in [-0.25, -0.2) is 18.7 Å². The summed E-state index contributed by atoms with van der Waals surface area (Å²) in [5.74, 6) is -0.471. The third kappa shape index (κ3) is 5.25. The highest BCUT2D eigenvalue weighted by molar-refractivity contribution is 5.70. The largest absolute Gasteiger partial charge is 0.481 e. The van der Waals surface area contributed by atoms with Crippen LogP contribution < -0.4 is 0 Å². The fourth-order valence-electron chi connectivity index (χ4n) is 1.66. The summed E-state index contributed by atoms with van der Waals surface area (Å²) in [6, 6.07) is 0. The van der Waals surface area contributed by atoms with E-state index in [1.807, 2.05) is 0 Å². The molecule has 0 saturated heterocycles. The van der Waals surface area contributed by atoms with Gasteiger partial charge in [0.15, 0.2) is 0 Å². The second kappa shape index (κ2) is 7.08. The first-order valence-electron chi connectivity index (χ1n) is 5.80. The lowest BCUT2D eigenvalue weighted by molar-refractivity contribution is -0.136. The van der Waals surface area contributed by atoms with Crippen LogP contribution in [-0.4, -0.2) is 40.7 Å². The number of aliphatic carboxylic acids is 1. The molecule has 0 amide bonds. The Balaban J connectivity index is 2.64. The standard InChI is InChI=1S/C12H16F2N2O3/c1-7-9(5-12(17)18)8(2)16-11(15-7)3-4-19-6-10(13)14/h10H,3-6H2,1-2H3,(H,17,18). The van der Waals surface area contributed by atoms with Crippen LogP contribution in [0.4, 0.5) is 8.78 Å². The summed E-state index contributed by atoms with van der Waals surface area (Å²) in [7, 11) is 0. The minimum atomic E-state index is -2.48. The maximum atomic E-state index is 11.9. The zero-order valence-electron chi connectivity index (χ0n) is 10.8. The molecule has 5 nitrogen and oxygen atoms in total. The van der Waals surface area contributed by atoms with Crippen LogP contribution in [0.25, 0.3) is 0 Å². The van der Waals surface area contributed by atoms with Crippen molar-refractivity contribution in [2.45, 2.75) is 33.1 Å². The van der Waals surface area contributed by atoms with Crippen LogP contribution in [0, 0.1) is 13.8 Å². The van der Waals surface area contributed by atoms with Gasteiger partial charge in [-0.2, -0.15) is 0 Å². The summed E-state index contributed by atoms with van der Waals surface area (Å²) < 4.78 is 28.5. The topological polar surface area (TPSA) is 72.3 Å². The Labute approximate surface area is 109 Å². The molecular weight excluding hydrogens is 258 g/mol. The van der Waals surface area contributed by atoms with Crippen molar-refractivity contribution in [1.29, 1.82) is 0 Å². The third-order valence-electron chi connectivity index (χ3n) is 2.51. The predicted octanol–water partition coefficient (Wildman–Crippen LogP) is 1.54. The lowest BCUT2D eigenvalue weighted by atomic mass is 10.1. The minimum Gasteiger partial charge on any atom is -0.481 e. The van der Waals surface area contributed by atoms with Gasteiger partial charge >= 0.3 is 5.97 Å². The van der Waals surface area contributed by atoms with Crippen LogP contribution >= 0.6 is 0 Å². The Hall–Kier alpha value is -1.63. The Morgan fingerprint density at radius 3 is 2.37 bits per heavy atom. The molecule has 106 valence electrons. The molecule has 0 aromatic carbocycles. The number of carbonyl (C=O) groups is 1. The average molecular weight is 274 g/mol. The highest BCUT2D eigenvalue weighted by Gasteiger charge is 2.12. The number of aryl methyl sites for hydroxylation is 2. The molecule has 1 heterocycles. The Morgan fingerprint density at radius 2 is 1.89 bits per heavy atom. The molecule has 1 rings (SSSR count). The highest BCUT2D eigenvalue weighted by Crippen LogP contribution is 2.11. The number of carboxylic acid groups (broad SMARTS) is 1. The van der Waals surface area contributed by atoms with Crippen molar-refractivity contribution in [2.75, 3.05) is 13.2 Å². The van der Waals surface area contributed by atoms with E-state index in [1.54, 1.807) is 13.8 Å². The van der Waals surface area contributed by atoms with E-state index in [1.165, 1.54) is 0 Å². The molecule has 0 radical (unpaired) electrons. The average Bonchev–Trinajstić information content (AvgIpc) is 2.29. The van der Waals surface area contributed by atoms with Gasteiger partial charge in [-0.15, -0.1) is 0 Å². The molecular formula is C12H16F2N2O3. The van der Waals surface area contributed by atoms with Crippen molar-refractivity contribution in [1.82, 2.24) is 9.97 Å². The fourth-order valence-corrected chi connectivity index (χ4v) is 1.66. The number of hydrogen-bond acceptors (Lipinski definition) is 4. The number of halogens is 2. The molecule has 0 atom stereocenters. The summed E-state index contributed by atoms with van der Waals surface area (Å²) in [5, 5.41) is 8.76. The first kappa shape index (κ1) is 15.4. The van der Waals surface area contributed by atoms with E-state index in [4.69, 9.17) is 9.84 Å². The number of ether oxygens (including phenoxy) is 1. The molecule has 0 unspecified atom stereocenters. The van der Waals surface area contributed by atoms with Gasteiger partial charge in [0.25, 0.3) is 6.43 Å². The number of hydrogen-bond donors (Lipinski definition) is 1. The van der Waals surface area contributed by atoms with E-state index < -0.39 is 19.0 Å². The SMILES string of the molecule is Cc1nc(CCOCC(F)F)nc(C)c1CC(=O)O. The van der Waals surface area contributed by atoms with Crippen LogP contribution in [0.5, 0.6) is 0 Å². The predicted molar refractivity (Wildman–Crippen MR) is 63.4 cm³/mol. The van der Waals surface area contributed by atoms with Gasteiger partial charge in [0.1, 0.15) is 12.4 Å². The van der Waals surface area contributed by atoms with E-state index in [0.29, 0.717) is 29.2 Å². The molecule has 0 aliphatic heterocycles. The van der Waals surface area contributed by atoms with Gasteiger partial charge in [0, 0.05) is 23.4 Å². The molecule has 0 aliphatic carbocycles. The first-order chi connectivity index (χ1) is 8.90. The van der Waals surface area contributed by atoms with E-state index in [0.717, 1.165) is 0 Å². The van der Waals surface area contributed by atoms with Crippen LogP contribution in [-0.2, 0) is 22.4 Å². The second-order valence-electron chi connectivity index (χ2n) is 4.08. The molecule has 1 N–H and O–H groups in total. The smallest absolute Gasteiger partial charge is 0.307 e. The molecule has 0 spiro atoms. The Morgan fingerprint density at radius 1 is 1.32 bits per heavy atom. The maximum absolute atomic E-state index is 11.9. The molecule has 0 aliphatic rings. The lowest BCUT2D eigenvalue weighted by Gasteiger charge is -2.09. The number of carboxylic acids is 1. The van der Waals surface area contributed by atoms with Crippen LogP contribution in [0.15, 0.2) is 0 Å². The summed E-state index contributed by atoms with van der Waals surface area (Å²) in [4.78, 5) is 19.0. The van der Waals surface area contributed by atoms with Crippen molar-refractivity contribution in [2.24, 2.45) is 0 Å². The highest BCUT2D eigenvalue weighted by atomic mass is 19.3. The van der Waals surface area contributed by atoms with Gasteiger partial charge in [-0.1, -0.05) is 0 Å². The second-order valence-corrected chi connectivity index (χ2v) is 4.08. The van der Waals surface area contributed by atoms with E-state index in [2.05, 4.69) is 9.97 Å². The van der Waals surface area contributed by atoms with E-state index >= 15 is 0 Å². The van der Waals surface area contributed by atoms with Gasteiger partial charge in [0.05, 0.1) is 13.0 Å². The van der Waals surface area contributed by atoms with Crippen molar-refractivity contribution in [3.05, 3.63) is 22.8 Å². The van der Waals surface area contributed by atoms with E-state index in [-0.39, 0.29) is 13.0 Å². The lowest BCUT2D eigenvalue weighted by Crippen LogP contribution is -2.12. The van der Waals surface area contributed by atoms with Crippen molar-refractivity contribution in [3.63, 3.8) is 0 Å². The zero-order valence-corrected chi connectivity index (χ0v) is 10.8. The molecule has 19 heavy (non-hydrogen) atoms. The summed E-state index contributed by atoms with van der Waals surface area (Å²) in [6.07, 6.45) is -2.29. The Kier molecular flexibility index (Phi) is 5.75. The number of aromatic nitrogens is 2. The van der Waals surface area contributed by atoms with Crippen LogP contribution in [0.3, 0.4) is 0 Å². The minimum absolute atomic E-state index is 0.113. The molecule has 0 fully saturated rings. The summed E-state index contributed by atoms with van der Waals surface area (Å²) >= 11 is 0. The molecule has 0 bridgehead atoms. The third-order valence-corrected chi connectivity index (χ3v) is 2.51. The quantitative estimate of drug-likeness (QED) is 0.764. The zero-order chi connectivity index (χ0) is 14.4. The monoisotopic (exact) mass is 274 g/mol. The molecule has 1 aromatic heterocycles. The summed E-state index contributed by atoms with van der Waals surface area (Å²) in [6.45, 7) is 2.92. The Bertz CT molecular complexity index is 430. The fraction of sp³-hybridized carbons (Fsp3) is 0.583. The van der Waals surface area contributed by atoms with Gasteiger partial charge in [-0.05, 0) is 13.8 Å². The van der Waals surface area contributed by atoms with Gasteiger partial charge < -0.3 is 9.84 Å². The van der Waals surface area contributed by atoms with E-state index in [9.17, 15) is 13.6 Å². The van der Waals surface area contributed by atoms with Crippen LogP contribution in [0.2, 0.25) is 0 Å². The van der Waals surface area contributed by atoms with Crippen molar-refractivity contribution in [3.8, 4) is 0 Å². The molecule has 1 aromatic rings. The van der Waals surface area contributed by atoms with Crippen molar-refractivity contribution >= 4 is 5.97 Å². The molecule has 0 saturated carbocycles. The molecule has 7 heteroatoms. The number of rotatable bonds is 7. The normalized spacial score (nSPS) is 11.0. The first-order valence-corrected chi connectivity index (χ1v) is 5.80. The number of nitrogens with zero attached hydrogens (tertiary/aromatic N) is 2. The van der Waals surface area contributed by atoms with Crippen molar-refractivity contribution < 1.29 is 23.4 Å². The van der Waals surface area contributed by atoms with Gasteiger partial charge in [-0.3, -0.25) is 4.79 Å². The summed E-state index contributed by atoms with van der Waals surface area (Å²) in [5.41, 5.74) is 1.78. The maximum Gasteiger partial charge on any atom is 0.307 e.